The van der Waals surface area contributed by atoms with Gasteiger partial charge in [0.25, 0.3) is 0 Å². The lowest BCUT2D eigenvalue weighted by Crippen LogP contribution is -2.32. The Bertz CT molecular complexity index is 845. The van der Waals surface area contributed by atoms with Gasteiger partial charge >= 0.3 is 0 Å². The number of rotatable bonds is 5. The summed E-state index contributed by atoms with van der Waals surface area (Å²) >= 11 is 3.40. The molecule has 5 heteroatoms. The highest BCUT2D eigenvalue weighted by Crippen LogP contribution is 2.24. The zero-order chi connectivity index (χ0) is 18.4. The summed E-state index contributed by atoms with van der Waals surface area (Å²) in [6.45, 7) is 0. The van der Waals surface area contributed by atoms with Gasteiger partial charge in [0.15, 0.2) is 0 Å². The van der Waals surface area contributed by atoms with Crippen LogP contribution in [-0.4, -0.2) is 11.8 Å². The predicted molar refractivity (Wildman–Crippen MR) is 107 cm³/mol. The standard InChI is InChI=1S/C21H17BrN2O2/c22-16-9-7-8-15(14-16)19(20(25)23-17-10-3-1-4-11-17)21(26)24-18-12-5-2-6-13-18/h1-14,19H,(H,23,25)(H,24,26). The van der Waals surface area contributed by atoms with Crippen molar-refractivity contribution >= 4 is 39.1 Å². The minimum absolute atomic E-state index is 0.386. The molecule has 0 radical (unpaired) electrons. The smallest absolute Gasteiger partial charge is 0.241 e. The van der Waals surface area contributed by atoms with Crippen molar-refractivity contribution in [2.75, 3.05) is 10.6 Å². The van der Waals surface area contributed by atoms with Gasteiger partial charge in [0, 0.05) is 15.8 Å². The van der Waals surface area contributed by atoms with E-state index in [-0.39, 0.29) is 11.8 Å². The van der Waals surface area contributed by atoms with Crippen LogP contribution in [-0.2, 0) is 9.59 Å². The van der Waals surface area contributed by atoms with E-state index in [0.29, 0.717) is 16.9 Å². The van der Waals surface area contributed by atoms with Crippen LogP contribution >= 0.6 is 15.9 Å². The number of benzene rings is 3. The number of para-hydroxylation sites is 2. The second kappa shape index (κ2) is 8.45. The third-order valence-electron chi connectivity index (χ3n) is 3.79. The summed E-state index contributed by atoms with van der Waals surface area (Å²) < 4.78 is 0.806. The average molecular weight is 409 g/mol. The van der Waals surface area contributed by atoms with Crippen LogP contribution in [0.15, 0.2) is 89.4 Å². The summed E-state index contributed by atoms with van der Waals surface area (Å²) in [5.74, 6) is -1.75. The fourth-order valence-electron chi connectivity index (χ4n) is 2.58. The fourth-order valence-corrected chi connectivity index (χ4v) is 3.00. The van der Waals surface area contributed by atoms with Gasteiger partial charge in [-0.2, -0.15) is 0 Å². The van der Waals surface area contributed by atoms with Crippen molar-refractivity contribution in [1.82, 2.24) is 0 Å². The maximum Gasteiger partial charge on any atom is 0.241 e. The van der Waals surface area contributed by atoms with Crippen LogP contribution in [0, 0.1) is 0 Å². The molecule has 0 atom stereocenters. The first-order valence-electron chi connectivity index (χ1n) is 8.11. The molecule has 2 amide bonds. The highest BCUT2D eigenvalue weighted by atomic mass is 79.9. The summed E-state index contributed by atoms with van der Waals surface area (Å²) in [4.78, 5) is 25.7. The Balaban J connectivity index is 1.88. The fraction of sp³-hybridized carbons (Fsp3) is 0.0476. The lowest BCUT2D eigenvalue weighted by Gasteiger charge is -2.17. The van der Waals surface area contributed by atoms with Gasteiger partial charge in [-0.15, -0.1) is 0 Å². The first kappa shape index (κ1) is 17.9. The van der Waals surface area contributed by atoms with Gasteiger partial charge < -0.3 is 10.6 Å². The lowest BCUT2D eigenvalue weighted by molar-refractivity contribution is -0.125. The van der Waals surface area contributed by atoms with Crippen molar-refractivity contribution in [2.45, 2.75) is 5.92 Å². The molecule has 26 heavy (non-hydrogen) atoms. The molecule has 2 N–H and O–H groups in total. The Hall–Kier alpha value is -2.92. The zero-order valence-corrected chi connectivity index (χ0v) is 15.4. The number of nitrogens with one attached hydrogen (secondary N) is 2. The van der Waals surface area contributed by atoms with Gasteiger partial charge in [0.05, 0.1) is 0 Å². The van der Waals surface area contributed by atoms with E-state index in [2.05, 4.69) is 26.6 Å². The molecule has 0 saturated heterocycles. The second-order valence-corrected chi connectivity index (χ2v) is 6.61. The molecule has 0 heterocycles. The molecule has 3 rings (SSSR count). The largest absolute Gasteiger partial charge is 0.325 e. The van der Waals surface area contributed by atoms with Crippen LogP contribution < -0.4 is 10.6 Å². The van der Waals surface area contributed by atoms with E-state index in [1.54, 1.807) is 42.5 Å². The maximum absolute atomic E-state index is 12.9. The van der Waals surface area contributed by atoms with Crippen LogP contribution in [0.4, 0.5) is 11.4 Å². The number of amides is 2. The van der Waals surface area contributed by atoms with Gasteiger partial charge in [-0.1, -0.05) is 64.5 Å². The second-order valence-electron chi connectivity index (χ2n) is 5.70. The number of carbonyl (C=O) groups excluding carboxylic acids is 2. The molecule has 0 unspecified atom stereocenters. The molecule has 4 nitrogen and oxygen atoms in total. The molecule has 0 aromatic heterocycles. The molecular weight excluding hydrogens is 392 g/mol. The topological polar surface area (TPSA) is 58.2 Å². The molecule has 0 spiro atoms. The van der Waals surface area contributed by atoms with Crippen LogP contribution in [0.3, 0.4) is 0 Å². The molecule has 0 bridgehead atoms. The molecule has 130 valence electrons. The third-order valence-corrected chi connectivity index (χ3v) is 4.28. The normalized spacial score (nSPS) is 10.4. The molecule has 0 aliphatic heterocycles. The molecule has 0 aliphatic carbocycles. The Morgan fingerprint density at radius 2 is 1.19 bits per heavy atom. The molecule has 3 aromatic carbocycles. The van der Waals surface area contributed by atoms with Crippen molar-refractivity contribution in [2.24, 2.45) is 0 Å². The van der Waals surface area contributed by atoms with Crippen LogP contribution in [0.25, 0.3) is 0 Å². The van der Waals surface area contributed by atoms with E-state index in [1.807, 2.05) is 42.5 Å². The van der Waals surface area contributed by atoms with E-state index in [4.69, 9.17) is 0 Å². The number of hydrogen-bond acceptors (Lipinski definition) is 2. The number of anilines is 2. The molecule has 0 saturated carbocycles. The average Bonchev–Trinajstić information content (AvgIpc) is 2.63. The SMILES string of the molecule is O=C(Nc1ccccc1)C(C(=O)Nc1ccccc1)c1cccc(Br)c1. The maximum atomic E-state index is 12.9. The number of carbonyl (C=O) groups is 2. The van der Waals surface area contributed by atoms with Gasteiger partial charge in [-0.3, -0.25) is 9.59 Å². The highest BCUT2D eigenvalue weighted by Gasteiger charge is 2.29. The monoisotopic (exact) mass is 408 g/mol. The summed E-state index contributed by atoms with van der Waals surface area (Å²) in [5, 5.41) is 5.62. The molecule has 3 aromatic rings. The molecular formula is C21H17BrN2O2. The van der Waals surface area contributed by atoms with Gasteiger partial charge in [0.1, 0.15) is 5.92 Å². The Kier molecular flexibility index (Phi) is 5.81. The Morgan fingerprint density at radius 3 is 1.65 bits per heavy atom. The predicted octanol–water partition coefficient (Wildman–Crippen LogP) is 4.81. The zero-order valence-electron chi connectivity index (χ0n) is 13.9. The number of hydrogen-bond donors (Lipinski definition) is 2. The summed E-state index contributed by atoms with van der Waals surface area (Å²) in [6, 6.07) is 25.4. The third kappa shape index (κ3) is 4.58. The summed E-state index contributed by atoms with van der Waals surface area (Å²) in [7, 11) is 0. The summed E-state index contributed by atoms with van der Waals surface area (Å²) in [6.07, 6.45) is 0. The van der Waals surface area contributed by atoms with Crippen molar-refractivity contribution in [3.05, 3.63) is 95.0 Å². The van der Waals surface area contributed by atoms with Crippen molar-refractivity contribution in [1.29, 1.82) is 0 Å². The van der Waals surface area contributed by atoms with Crippen molar-refractivity contribution in [3.8, 4) is 0 Å². The first-order valence-corrected chi connectivity index (χ1v) is 8.90. The van der Waals surface area contributed by atoms with E-state index in [0.717, 1.165) is 4.47 Å². The van der Waals surface area contributed by atoms with E-state index in [9.17, 15) is 9.59 Å². The highest BCUT2D eigenvalue weighted by molar-refractivity contribution is 9.10. The summed E-state index contributed by atoms with van der Waals surface area (Å²) in [5.41, 5.74) is 1.90. The Labute approximate surface area is 160 Å². The van der Waals surface area contributed by atoms with Crippen molar-refractivity contribution in [3.63, 3.8) is 0 Å². The number of halogens is 1. The van der Waals surface area contributed by atoms with E-state index >= 15 is 0 Å². The van der Waals surface area contributed by atoms with Crippen molar-refractivity contribution < 1.29 is 9.59 Å². The van der Waals surface area contributed by atoms with Gasteiger partial charge in [0.2, 0.25) is 11.8 Å². The minimum Gasteiger partial charge on any atom is -0.325 e. The van der Waals surface area contributed by atoms with E-state index < -0.39 is 5.92 Å². The van der Waals surface area contributed by atoms with Gasteiger partial charge in [-0.05, 0) is 42.0 Å². The lowest BCUT2D eigenvalue weighted by atomic mass is 9.97. The molecule has 0 fully saturated rings. The first-order chi connectivity index (χ1) is 12.6. The van der Waals surface area contributed by atoms with Crippen LogP contribution in [0.1, 0.15) is 11.5 Å². The Morgan fingerprint density at radius 1 is 0.692 bits per heavy atom. The quantitative estimate of drug-likeness (QED) is 0.595. The van der Waals surface area contributed by atoms with Crippen LogP contribution in [0.2, 0.25) is 0 Å². The molecule has 0 aliphatic rings. The van der Waals surface area contributed by atoms with E-state index in [1.165, 1.54) is 0 Å². The van der Waals surface area contributed by atoms with Crippen LogP contribution in [0.5, 0.6) is 0 Å². The minimum atomic E-state index is -0.979. The van der Waals surface area contributed by atoms with Gasteiger partial charge in [-0.25, -0.2) is 0 Å².